The Balaban J connectivity index is 2.26. The van der Waals surface area contributed by atoms with Crippen molar-refractivity contribution in [3.63, 3.8) is 0 Å². The molecule has 0 saturated carbocycles. The number of fused-ring (bicyclic) bond motifs is 1. The Morgan fingerprint density at radius 3 is 3.08 bits per heavy atom. The second-order valence-electron chi connectivity index (χ2n) is 3.61. The van der Waals surface area contributed by atoms with Crippen molar-refractivity contribution in [1.82, 2.24) is 5.32 Å². The van der Waals surface area contributed by atoms with E-state index in [1.165, 1.54) is 11.1 Å². The highest BCUT2D eigenvalue weighted by atomic mass is 16.5. The molecule has 0 bridgehead atoms. The quantitative estimate of drug-likeness (QED) is 0.702. The Bertz CT molecular complexity index is 309. The zero-order chi connectivity index (χ0) is 9.26. The molecular formula is C11H15NO. The Morgan fingerprint density at radius 2 is 2.31 bits per heavy atom. The molecule has 2 nitrogen and oxygen atoms in total. The van der Waals surface area contributed by atoms with Gasteiger partial charge in [-0.2, -0.15) is 0 Å². The second-order valence-corrected chi connectivity index (χ2v) is 3.61. The smallest absolute Gasteiger partial charge is 0.122 e. The maximum absolute atomic E-state index is 5.65. The molecular weight excluding hydrogens is 162 g/mol. The minimum Gasteiger partial charge on any atom is -0.492 e. The molecule has 1 aromatic rings. The number of nitrogens with one attached hydrogen (secondary N) is 1. The molecule has 0 aliphatic carbocycles. The predicted molar refractivity (Wildman–Crippen MR) is 53.2 cm³/mol. The Kier molecular flexibility index (Phi) is 2.23. The molecule has 2 heteroatoms. The lowest BCUT2D eigenvalue weighted by Gasteiger charge is -2.25. The van der Waals surface area contributed by atoms with Gasteiger partial charge in [0.15, 0.2) is 0 Å². The van der Waals surface area contributed by atoms with E-state index in [9.17, 15) is 0 Å². The molecule has 0 aromatic heterocycles. The SMILES string of the molecule is CNC1COc2cc(C)ccc2C1. The lowest BCUT2D eigenvalue weighted by molar-refractivity contribution is 0.245. The highest BCUT2D eigenvalue weighted by Crippen LogP contribution is 2.25. The van der Waals surface area contributed by atoms with E-state index in [2.05, 4.69) is 30.4 Å². The summed E-state index contributed by atoms with van der Waals surface area (Å²) < 4.78 is 5.65. The average Bonchev–Trinajstić information content (AvgIpc) is 2.17. The first-order chi connectivity index (χ1) is 6.29. The lowest BCUT2D eigenvalue weighted by Crippen LogP contribution is -2.36. The average molecular weight is 177 g/mol. The van der Waals surface area contributed by atoms with E-state index in [4.69, 9.17) is 4.74 Å². The van der Waals surface area contributed by atoms with Crippen LogP contribution in [0.2, 0.25) is 0 Å². The summed E-state index contributed by atoms with van der Waals surface area (Å²) in [6.45, 7) is 2.88. The fraction of sp³-hybridized carbons (Fsp3) is 0.455. The van der Waals surface area contributed by atoms with Gasteiger partial charge < -0.3 is 10.1 Å². The number of rotatable bonds is 1. The molecule has 0 saturated heterocycles. The van der Waals surface area contributed by atoms with Crippen LogP contribution in [0.1, 0.15) is 11.1 Å². The largest absolute Gasteiger partial charge is 0.492 e. The molecule has 0 amide bonds. The number of benzene rings is 1. The van der Waals surface area contributed by atoms with Crippen LogP contribution in [0.4, 0.5) is 0 Å². The maximum atomic E-state index is 5.65. The summed E-state index contributed by atoms with van der Waals surface area (Å²) in [6, 6.07) is 6.88. The summed E-state index contributed by atoms with van der Waals surface area (Å²) in [5.41, 5.74) is 2.58. The van der Waals surface area contributed by atoms with Crippen LogP contribution in [0.25, 0.3) is 0 Å². The van der Waals surface area contributed by atoms with Crippen LogP contribution in [-0.2, 0) is 6.42 Å². The molecule has 0 radical (unpaired) electrons. The van der Waals surface area contributed by atoms with Crippen molar-refractivity contribution in [1.29, 1.82) is 0 Å². The molecule has 2 rings (SSSR count). The Labute approximate surface area is 78.9 Å². The van der Waals surface area contributed by atoms with Crippen LogP contribution in [0.5, 0.6) is 5.75 Å². The van der Waals surface area contributed by atoms with E-state index >= 15 is 0 Å². The predicted octanol–water partition coefficient (Wildman–Crippen LogP) is 1.52. The van der Waals surface area contributed by atoms with Gasteiger partial charge in [0.2, 0.25) is 0 Å². The molecule has 1 atom stereocenters. The van der Waals surface area contributed by atoms with Gasteiger partial charge in [0.25, 0.3) is 0 Å². The van der Waals surface area contributed by atoms with E-state index in [0.717, 1.165) is 18.8 Å². The third-order valence-corrected chi connectivity index (χ3v) is 2.54. The van der Waals surface area contributed by atoms with Gasteiger partial charge in [-0.3, -0.25) is 0 Å². The van der Waals surface area contributed by atoms with Crippen molar-refractivity contribution in [3.05, 3.63) is 29.3 Å². The molecule has 1 heterocycles. The third-order valence-electron chi connectivity index (χ3n) is 2.54. The minimum atomic E-state index is 0.468. The maximum Gasteiger partial charge on any atom is 0.122 e. The number of hydrogen-bond donors (Lipinski definition) is 1. The molecule has 1 aliphatic heterocycles. The molecule has 70 valence electrons. The van der Waals surface area contributed by atoms with Crippen molar-refractivity contribution in [2.45, 2.75) is 19.4 Å². The summed E-state index contributed by atoms with van der Waals surface area (Å²) in [5.74, 6) is 1.06. The van der Waals surface area contributed by atoms with Gasteiger partial charge in [-0.25, -0.2) is 0 Å². The summed E-state index contributed by atoms with van der Waals surface area (Å²) in [5, 5.41) is 3.23. The van der Waals surface area contributed by atoms with Gasteiger partial charge in [0.05, 0.1) is 0 Å². The zero-order valence-corrected chi connectivity index (χ0v) is 8.13. The van der Waals surface area contributed by atoms with E-state index in [1.54, 1.807) is 0 Å². The number of likely N-dealkylation sites (N-methyl/N-ethyl adjacent to an activating group) is 1. The highest BCUT2D eigenvalue weighted by Gasteiger charge is 2.17. The van der Waals surface area contributed by atoms with Crippen molar-refractivity contribution in [2.75, 3.05) is 13.7 Å². The highest BCUT2D eigenvalue weighted by molar-refractivity contribution is 5.39. The van der Waals surface area contributed by atoms with Crippen LogP contribution < -0.4 is 10.1 Å². The van der Waals surface area contributed by atoms with Crippen LogP contribution in [-0.4, -0.2) is 19.7 Å². The summed E-state index contributed by atoms with van der Waals surface area (Å²) in [4.78, 5) is 0. The van der Waals surface area contributed by atoms with Crippen molar-refractivity contribution < 1.29 is 4.74 Å². The first-order valence-electron chi connectivity index (χ1n) is 4.69. The van der Waals surface area contributed by atoms with E-state index in [-0.39, 0.29) is 0 Å². The summed E-state index contributed by atoms with van der Waals surface area (Å²) in [6.07, 6.45) is 1.08. The van der Waals surface area contributed by atoms with Crippen molar-refractivity contribution >= 4 is 0 Å². The van der Waals surface area contributed by atoms with Crippen LogP contribution in [0.3, 0.4) is 0 Å². The van der Waals surface area contributed by atoms with Crippen LogP contribution in [0, 0.1) is 6.92 Å². The zero-order valence-electron chi connectivity index (χ0n) is 8.13. The summed E-state index contributed by atoms with van der Waals surface area (Å²) in [7, 11) is 1.98. The van der Waals surface area contributed by atoms with Gasteiger partial charge in [0, 0.05) is 6.04 Å². The Morgan fingerprint density at radius 1 is 1.46 bits per heavy atom. The van der Waals surface area contributed by atoms with Crippen molar-refractivity contribution in [2.24, 2.45) is 0 Å². The molecule has 13 heavy (non-hydrogen) atoms. The lowest BCUT2D eigenvalue weighted by atomic mass is 10.0. The number of ether oxygens (including phenoxy) is 1. The first-order valence-corrected chi connectivity index (χ1v) is 4.69. The number of aryl methyl sites for hydroxylation is 1. The molecule has 1 aromatic carbocycles. The number of hydrogen-bond acceptors (Lipinski definition) is 2. The fourth-order valence-corrected chi connectivity index (χ4v) is 1.66. The van der Waals surface area contributed by atoms with Gasteiger partial charge in [-0.1, -0.05) is 12.1 Å². The normalized spacial score (nSPS) is 20.6. The Hall–Kier alpha value is -1.02. The minimum absolute atomic E-state index is 0.468. The van der Waals surface area contributed by atoms with Gasteiger partial charge in [-0.05, 0) is 37.6 Å². The molecule has 0 spiro atoms. The molecule has 1 aliphatic rings. The van der Waals surface area contributed by atoms with E-state index in [0.29, 0.717) is 6.04 Å². The molecule has 1 unspecified atom stereocenters. The third kappa shape index (κ3) is 1.68. The van der Waals surface area contributed by atoms with Gasteiger partial charge >= 0.3 is 0 Å². The summed E-state index contributed by atoms with van der Waals surface area (Å²) >= 11 is 0. The molecule has 1 N–H and O–H groups in total. The van der Waals surface area contributed by atoms with Gasteiger partial charge in [-0.15, -0.1) is 0 Å². The standard InChI is InChI=1S/C11H15NO/c1-8-3-4-9-6-10(12-2)7-13-11(9)5-8/h3-5,10,12H,6-7H2,1-2H3. The fourth-order valence-electron chi connectivity index (χ4n) is 1.66. The van der Waals surface area contributed by atoms with Crippen molar-refractivity contribution in [3.8, 4) is 5.75 Å². The first kappa shape index (κ1) is 8.57. The van der Waals surface area contributed by atoms with Crippen LogP contribution >= 0.6 is 0 Å². The molecule has 0 fully saturated rings. The topological polar surface area (TPSA) is 21.3 Å². The van der Waals surface area contributed by atoms with E-state index in [1.807, 2.05) is 7.05 Å². The van der Waals surface area contributed by atoms with E-state index < -0.39 is 0 Å². The monoisotopic (exact) mass is 177 g/mol. The van der Waals surface area contributed by atoms with Crippen LogP contribution in [0.15, 0.2) is 18.2 Å². The second kappa shape index (κ2) is 3.38. The van der Waals surface area contributed by atoms with Gasteiger partial charge in [0.1, 0.15) is 12.4 Å².